The van der Waals surface area contributed by atoms with Gasteiger partial charge in [0.25, 0.3) is 5.56 Å². The molecule has 2 N–H and O–H groups in total. The molecule has 0 spiro atoms. The van der Waals surface area contributed by atoms with Gasteiger partial charge in [-0.1, -0.05) is 6.07 Å². The van der Waals surface area contributed by atoms with Crippen LogP contribution >= 0.6 is 12.2 Å². The summed E-state index contributed by atoms with van der Waals surface area (Å²) >= 11 is 5.12. The van der Waals surface area contributed by atoms with Crippen LogP contribution in [0.4, 0.5) is 11.4 Å². The van der Waals surface area contributed by atoms with E-state index in [2.05, 4.69) is 9.98 Å². The van der Waals surface area contributed by atoms with Crippen LogP contribution in [0.3, 0.4) is 0 Å². The number of benzene rings is 1. The average Bonchev–Trinajstić information content (AvgIpc) is 3.31. The second-order valence-electron chi connectivity index (χ2n) is 5.77. The summed E-state index contributed by atoms with van der Waals surface area (Å²) in [5.74, 6) is -0.117. The topological polar surface area (TPSA) is 73.6 Å². The third-order valence-corrected chi connectivity index (χ3v) is 4.05. The maximum absolute atomic E-state index is 12.1. The molecule has 0 aliphatic heterocycles. The summed E-state index contributed by atoms with van der Waals surface area (Å²) < 4.78 is 1.84. The SMILES string of the molecule is CN(C)c1cccc(N=Cc2c(O)n(C3CC3)c(=S)[nH]c2=O)c1. The first-order chi connectivity index (χ1) is 11.0. The van der Waals surface area contributed by atoms with Gasteiger partial charge in [-0.25, -0.2) is 0 Å². The van der Waals surface area contributed by atoms with Crippen molar-refractivity contribution in [2.24, 2.45) is 4.99 Å². The van der Waals surface area contributed by atoms with Crippen molar-refractivity contribution in [1.29, 1.82) is 0 Å². The van der Waals surface area contributed by atoms with Crippen LogP contribution in [0.15, 0.2) is 34.1 Å². The van der Waals surface area contributed by atoms with E-state index in [0.29, 0.717) is 5.69 Å². The van der Waals surface area contributed by atoms with E-state index < -0.39 is 5.56 Å². The largest absolute Gasteiger partial charge is 0.494 e. The van der Waals surface area contributed by atoms with Gasteiger partial charge in [0.2, 0.25) is 5.88 Å². The molecule has 1 aliphatic rings. The highest BCUT2D eigenvalue weighted by Gasteiger charge is 2.27. The summed E-state index contributed by atoms with van der Waals surface area (Å²) in [7, 11) is 3.89. The van der Waals surface area contributed by atoms with Crippen LogP contribution in [0.1, 0.15) is 24.4 Å². The number of anilines is 1. The lowest BCUT2D eigenvalue weighted by Crippen LogP contribution is -2.18. The fourth-order valence-corrected chi connectivity index (χ4v) is 2.66. The zero-order valence-electron chi connectivity index (χ0n) is 13.0. The summed E-state index contributed by atoms with van der Waals surface area (Å²) in [6.07, 6.45) is 3.29. The van der Waals surface area contributed by atoms with Crippen molar-refractivity contribution < 1.29 is 5.11 Å². The Morgan fingerprint density at radius 2 is 2.17 bits per heavy atom. The lowest BCUT2D eigenvalue weighted by molar-refractivity contribution is 0.405. The Morgan fingerprint density at radius 1 is 1.43 bits per heavy atom. The number of hydrogen-bond donors (Lipinski definition) is 2. The molecule has 23 heavy (non-hydrogen) atoms. The molecule has 7 heteroatoms. The molecule has 1 fully saturated rings. The van der Waals surface area contributed by atoms with Crippen LogP contribution in [0.2, 0.25) is 0 Å². The number of aromatic hydroxyl groups is 1. The van der Waals surface area contributed by atoms with E-state index in [-0.39, 0.29) is 22.3 Å². The van der Waals surface area contributed by atoms with Crippen LogP contribution in [0.5, 0.6) is 5.88 Å². The molecule has 0 saturated heterocycles. The molecule has 1 aromatic carbocycles. The minimum atomic E-state index is -0.433. The molecular formula is C16H18N4O2S. The van der Waals surface area contributed by atoms with Gasteiger partial charge in [0.05, 0.1) is 5.69 Å². The Kier molecular flexibility index (Phi) is 4.04. The predicted molar refractivity (Wildman–Crippen MR) is 93.8 cm³/mol. The number of rotatable bonds is 4. The average molecular weight is 330 g/mol. The van der Waals surface area contributed by atoms with Crippen molar-refractivity contribution in [1.82, 2.24) is 9.55 Å². The maximum Gasteiger partial charge on any atom is 0.264 e. The molecule has 3 rings (SSSR count). The van der Waals surface area contributed by atoms with Crippen molar-refractivity contribution >= 4 is 29.8 Å². The highest BCUT2D eigenvalue weighted by atomic mass is 32.1. The Morgan fingerprint density at radius 3 is 2.83 bits per heavy atom. The van der Waals surface area contributed by atoms with Gasteiger partial charge in [-0.05, 0) is 43.3 Å². The third-order valence-electron chi connectivity index (χ3n) is 3.75. The monoisotopic (exact) mass is 330 g/mol. The van der Waals surface area contributed by atoms with Crippen LogP contribution in [-0.4, -0.2) is 35.0 Å². The second kappa shape index (κ2) is 6.00. The predicted octanol–water partition coefficient (Wildman–Crippen LogP) is 2.76. The van der Waals surface area contributed by atoms with E-state index in [0.717, 1.165) is 18.5 Å². The van der Waals surface area contributed by atoms with Crippen LogP contribution in [0.25, 0.3) is 0 Å². The minimum absolute atomic E-state index is 0.117. The molecule has 1 saturated carbocycles. The summed E-state index contributed by atoms with van der Waals surface area (Å²) in [6, 6.07) is 7.77. The first-order valence-corrected chi connectivity index (χ1v) is 7.77. The Labute approximate surface area is 138 Å². The minimum Gasteiger partial charge on any atom is -0.494 e. The first kappa shape index (κ1) is 15.5. The van der Waals surface area contributed by atoms with Gasteiger partial charge in [0.15, 0.2) is 4.77 Å². The van der Waals surface area contributed by atoms with Crippen molar-refractivity contribution in [3.05, 3.63) is 45.0 Å². The normalized spacial score (nSPS) is 14.3. The van der Waals surface area contributed by atoms with Crippen molar-refractivity contribution in [3.63, 3.8) is 0 Å². The highest BCUT2D eigenvalue weighted by molar-refractivity contribution is 7.71. The summed E-state index contributed by atoms with van der Waals surface area (Å²) in [5.41, 5.74) is 1.40. The second-order valence-corrected chi connectivity index (χ2v) is 6.16. The third kappa shape index (κ3) is 3.19. The van der Waals surface area contributed by atoms with Crippen LogP contribution in [-0.2, 0) is 0 Å². The van der Waals surface area contributed by atoms with Crippen LogP contribution < -0.4 is 10.5 Å². The summed E-state index contributed by atoms with van der Waals surface area (Å²) in [4.78, 5) is 20.9. The van der Waals surface area contributed by atoms with Gasteiger partial charge in [-0.2, -0.15) is 0 Å². The van der Waals surface area contributed by atoms with E-state index in [1.807, 2.05) is 43.3 Å². The van der Waals surface area contributed by atoms with Gasteiger partial charge >= 0.3 is 0 Å². The number of nitrogens with one attached hydrogen (secondary N) is 1. The highest BCUT2D eigenvalue weighted by Crippen LogP contribution is 2.38. The van der Waals surface area contributed by atoms with Crippen molar-refractivity contribution in [3.8, 4) is 5.88 Å². The number of hydrogen-bond acceptors (Lipinski definition) is 5. The fourth-order valence-electron chi connectivity index (χ4n) is 2.33. The molecule has 120 valence electrons. The first-order valence-electron chi connectivity index (χ1n) is 7.36. The zero-order valence-corrected chi connectivity index (χ0v) is 13.8. The molecule has 0 unspecified atom stereocenters. The van der Waals surface area contributed by atoms with Gasteiger partial charge in [0, 0.05) is 32.0 Å². The Bertz CT molecular complexity index is 878. The molecule has 6 nitrogen and oxygen atoms in total. The number of aliphatic imine (C=N–C) groups is 1. The van der Waals surface area contributed by atoms with Gasteiger partial charge in [0.1, 0.15) is 5.56 Å². The molecule has 0 radical (unpaired) electrons. The Balaban J connectivity index is 2.00. The number of nitrogens with zero attached hydrogens (tertiary/aromatic N) is 3. The van der Waals surface area contributed by atoms with Crippen LogP contribution in [0, 0.1) is 4.77 Å². The molecule has 1 aliphatic carbocycles. The van der Waals surface area contributed by atoms with Gasteiger partial charge < -0.3 is 10.0 Å². The molecule has 2 aromatic rings. The molecule has 0 amide bonds. The maximum atomic E-state index is 12.1. The molecule has 1 aromatic heterocycles. The molecule has 0 bridgehead atoms. The lowest BCUT2D eigenvalue weighted by atomic mass is 10.2. The van der Waals surface area contributed by atoms with E-state index in [4.69, 9.17) is 12.2 Å². The van der Waals surface area contributed by atoms with E-state index in [1.54, 1.807) is 4.57 Å². The van der Waals surface area contributed by atoms with E-state index >= 15 is 0 Å². The molecular weight excluding hydrogens is 312 g/mol. The molecule has 1 heterocycles. The lowest BCUT2D eigenvalue weighted by Gasteiger charge is -2.12. The van der Waals surface area contributed by atoms with Crippen molar-refractivity contribution in [2.45, 2.75) is 18.9 Å². The van der Waals surface area contributed by atoms with E-state index in [1.165, 1.54) is 6.21 Å². The van der Waals surface area contributed by atoms with Gasteiger partial charge in [-0.15, -0.1) is 0 Å². The van der Waals surface area contributed by atoms with Crippen molar-refractivity contribution in [2.75, 3.05) is 19.0 Å². The summed E-state index contributed by atoms with van der Waals surface area (Å²) in [5, 5.41) is 10.4. The quantitative estimate of drug-likeness (QED) is 0.668. The fraction of sp³-hybridized carbons (Fsp3) is 0.312. The Hall–Kier alpha value is -2.41. The van der Waals surface area contributed by atoms with Gasteiger partial charge in [-0.3, -0.25) is 19.3 Å². The number of aromatic nitrogens is 2. The summed E-state index contributed by atoms with van der Waals surface area (Å²) in [6.45, 7) is 0. The molecule has 0 atom stereocenters. The van der Waals surface area contributed by atoms with E-state index in [9.17, 15) is 9.90 Å². The zero-order chi connectivity index (χ0) is 16.6. The number of aromatic amines is 1. The standard InChI is InChI=1S/C16H18N4O2S/c1-19(2)12-5-3-4-10(8-12)17-9-13-14(21)18-16(23)20(15(13)22)11-6-7-11/h3-5,8-9,11,22H,6-7H2,1-2H3,(H,18,21,23). The number of H-pyrrole nitrogens is 1. The smallest absolute Gasteiger partial charge is 0.264 e.